The number of nitrogens with zero attached hydrogens (tertiary/aromatic N) is 2. The van der Waals surface area contributed by atoms with Crippen molar-refractivity contribution in [3.05, 3.63) is 59.2 Å². The van der Waals surface area contributed by atoms with Crippen LogP contribution in [-0.4, -0.2) is 49.0 Å². The summed E-state index contributed by atoms with van der Waals surface area (Å²) in [5.41, 5.74) is 1.69. The fourth-order valence-electron chi connectivity index (χ4n) is 3.07. The maximum Gasteiger partial charge on any atom is 0.255 e. The molecule has 0 heterocycles. The number of benzene rings is 2. The third-order valence-electron chi connectivity index (χ3n) is 5.67. The lowest BCUT2D eigenvalue weighted by atomic mass is 10.0. The van der Waals surface area contributed by atoms with Crippen LogP contribution in [0.4, 0.5) is 20.2 Å². The standard InChI is InChI=1S/C19H29N3O3.C8H6F2O.C2H6/c1-6-14(4)11-18(24)20-15-9-10-17(22(8-3)13-23)16(12-15)19(25)21(5)7-2;1-5(11)6-2-3-7(9)8(10)4-6;1-2/h9-10,12-14H,6-8,11H2,1-5H3,(H,20,24);2-4H,1H3;1-2H3. The van der Waals surface area contributed by atoms with Crippen molar-refractivity contribution >= 4 is 35.4 Å². The molecule has 7 nitrogen and oxygen atoms in total. The third-order valence-corrected chi connectivity index (χ3v) is 5.67. The monoisotopic (exact) mass is 533 g/mol. The summed E-state index contributed by atoms with van der Waals surface area (Å²) in [7, 11) is 1.71. The first-order chi connectivity index (χ1) is 18.0. The van der Waals surface area contributed by atoms with Gasteiger partial charge in [-0.3, -0.25) is 19.2 Å². The van der Waals surface area contributed by atoms with Crippen LogP contribution in [-0.2, 0) is 9.59 Å². The predicted molar refractivity (Wildman–Crippen MR) is 149 cm³/mol. The molecule has 1 unspecified atom stereocenters. The van der Waals surface area contributed by atoms with Crippen molar-refractivity contribution in [1.82, 2.24) is 4.90 Å². The van der Waals surface area contributed by atoms with Gasteiger partial charge in [0, 0.05) is 37.8 Å². The number of halogens is 2. The van der Waals surface area contributed by atoms with E-state index in [0.29, 0.717) is 48.8 Å². The fourth-order valence-corrected chi connectivity index (χ4v) is 3.07. The molecule has 210 valence electrons. The number of anilines is 2. The van der Waals surface area contributed by atoms with Crippen LogP contribution < -0.4 is 10.2 Å². The van der Waals surface area contributed by atoms with Crippen molar-refractivity contribution in [3.8, 4) is 0 Å². The molecule has 2 aromatic carbocycles. The van der Waals surface area contributed by atoms with Crippen LogP contribution >= 0.6 is 0 Å². The normalized spacial score (nSPS) is 10.6. The summed E-state index contributed by atoms with van der Waals surface area (Å²) in [6.45, 7) is 14.1. The van der Waals surface area contributed by atoms with Crippen LogP contribution in [0.25, 0.3) is 0 Å². The van der Waals surface area contributed by atoms with Crippen molar-refractivity contribution in [3.63, 3.8) is 0 Å². The van der Waals surface area contributed by atoms with Crippen LogP contribution in [0.5, 0.6) is 0 Å². The molecule has 2 aromatic rings. The molecule has 1 N–H and O–H groups in total. The third kappa shape index (κ3) is 10.8. The molecule has 0 aromatic heterocycles. The minimum Gasteiger partial charge on any atom is -0.342 e. The summed E-state index contributed by atoms with van der Waals surface area (Å²) < 4.78 is 24.7. The lowest BCUT2D eigenvalue weighted by Gasteiger charge is -2.22. The van der Waals surface area contributed by atoms with Crippen molar-refractivity contribution in [2.75, 3.05) is 30.4 Å². The zero-order chi connectivity index (χ0) is 29.4. The van der Waals surface area contributed by atoms with Gasteiger partial charge in [-0.05, 0) is 63.1 Å². The van der Waals surface area contributed by atoms with E-state index in [1.807, 2.05) is 41.5 Å². The number of amides is 3. The number of carbonyl (C=O) groups is 4. The van der Waals surface area contributed by atoms with Gasteiger partial charge < -0.3 is 15.1 Å². The van der Waals surface area contributed by atoms with E-state index in [1.165, 1.54) is 17.9 Å². The van der Waals surface area contributed by atoms with E-state index in [2.05, 4.69) is 5.32 Å². The second-order valence-corrected chi connectivity index (χ2v) is 8.39. The Bertz CT molecular complexity index is 1080. The Morgan fingerprint density at radius 2 is 1.61 bits per heavy atom. The summed E-state index contributed by atoms with van der Waals surface area (Å²) >= 11 is 0. The minimum absolute atomic E-state index is 0.0768. The highest BCUT2D eigenvalue weighted by Gasteiger charge is 2.19. The molecule has 38 heavy (non-hydrogen) atoms. The predicted octanol–water partition coefficient (Wildman–Crippen LogP) is 6.33. The van der Waals surface area contributed by atoms with E-state index in [-0.39, 0.29) is 23.2 Å². The van der Waals surface area contributed by atoms with Gasteiger partial charge in [0.25, 0.3) is 5.91 Å². The molecule has 1 atom stereocenters. The molecule has 2 rings (SSSR count). The average molecular weight is 534 g/mol. The van der Waals surface area contributed by atoms with Crippen molar-refractivity contribution in [1.29, 1.82) is 0 Å². The largest absolute Gasteiger partial charge is 0.342 e. The van der Waals surface area contributed by atoms with Gasteiger partial charge in [-0.1, -0.05) is 34.1 Å². The van der Waals surface area contributed by atoms with Gasteiger partial charge in [-0.25, -0.2) is 8.78 Å². The van der Waals surface area contributed by atoms with Gasteiger partial charge >= 0.3 is 0 Å². The second kappa shape index (κ2) is 17.8. The summed E-state index contributed by atoms with van der Waals surface area (Å²) in [4.78, 5) is 49.7. The topological polar surface area (TPSA) is 86.8 Å². The Morgan fingerprint density at radius 3 is 2.08 bits per heavy atom. The highest BCUT2D eigenvalue weighted by molar-refractivity contribution is 6.03. The Morgan fingerprint density at radius 1 is 0.974 bits per heavy atom. The first-order valence-electron chi connectivity index (χ1n) is 12.9. The maximum atomic E-state index is 12.7. The van der Waals surface area contributed by atoms with E-state index in [9.17, 15) is 28.0 Å². The molecule has 0 radical (unpaired) electrons. The smallest absolute Gasteiger partial charge is 0.255 e. The molecule has 0 bridgehead atoms. The molecule has 3 amide bonds. The van der Waals surface area contributed by atoms with E-state index in [4.69, 9.17) is 0 Å². The summed E-state index contributed by atoms with van der Waals surface area (Å²) in [6.07, 6.45) is 2.08. The molecule has 0 aliphatic rings. The van der Waals surface area contributed by atoms with Crippen molar-refractivity contribution in [2.45, 2.75) is 61.3 Å². The Kier molecular flexibility index (Phi) is 16.1. The van der Waals surface area contributed by atoms with Gasteiger partial charge in [0.1, 0.15) is 0 Å². The quantitative estimate of drug-likeness (QED) is 0.286. The van der Waals surface area contributed by atoms with Crippen molar-refractivity contribution in [2.24, 2.45) is 5.92 Å². The first kappa shape index (κ1) is 34.4. The van der Waals surface area contributed by atoms with Gasteiger partial charge in [0.05, 0.1) is 11.3 Å². The lowest BCUT2D eigenvalue weighted by molar-refractivity contribution is -0.117. The molecule has 0 spiro atoms. The number of hydrogen-bond donors (Lipinski definition) is 1. The zero-order valence-electron chi connectivity index (χ0n) is 23.7. The maximum absolute atomic E-state index is 12.7. The second-order valence-electron chi connectivity index (χ2n) is 8.39. The molecule has 0 saturated heterocycles. The number of nitrogens with one attached hydrogen (secondary N) is 1. The molecule has 0 aliphatic heterocycles. The highest BCUT2D eigenvalue weighted by Crippen LogP contribution is 2.25. The highest BCUT2D eigenvalue weighted by atomic mass is 19.2. The summed E-state index contributed by atoms with van der Waals surface area (Å²) in [5.74, 6) is -2.16. The number of hydrogen-bond acceptors (Lipinski definition) is 4. The van der Waals surface area contributed by atoms with E-state index in [0.717, 1.165) is 18.6 Å². The molecule has 0 saturated carbocycles. The van der Waals surface area contributed by atoms with Crippen LogP contribution in [0.15, 0.2) is 36.4 Å². The molecule has 9 heteroatoms. The number of rotatable bonds is 10. The number of Topliss-reactive ketones (excluding diaryl/α,β-unsaturated/α-hetero) is 1. The fraction of sp³-hybridized carbons (Fsp3) is 0.448. The minimum atomic E-state index is -0.988. The van der Waals surface area contributed by atoms with Gasteiger partial charge in [0.2, 0.25) is 12.3 Å². The molecule has 0 aliphatic carbocycles. The van der Waals surface area contributed by atoms with E-state index < -0.39 is 11.6 Å². The zero-order valence-corrected chi connectivity index (χ0v) is 23.7. The van der Waals surface area contributed by atoms with Crippen LogP contribution in [0.1, 0.15) is 82.0 Å². The van der Waals surface area contributed by atoms with Gasteiger partial charge in [0.15, 0.2) is 17.4 Å². The first-order valence-corrected chi connectivity index (χ1v) is 12.9. The Hall–Kier alpha value is -3.62. The molecular formula is C29H41F2N3O4. The van der Waals surface area contributed by atoms with E-state index in [1.54, 1.807) is 30.1 Å². The summed E-state index contributed by atoms with van der Waals surface area (Å²) in [5, 5.41) is 2.85. The van der Waals surface area contributed by atoms with Crippen LogP contribution in [0, 0.1) is 17.6 Å². The Balaban J connectivity index is 0.000000873. The van der Waals surface area contributed by atoms with Crippen molar-refractivity contribution < 1.29 is 28.0 Å². The summed E-state index contributed by atoms with van der Waals surface area (Å²) in [6, 6.07) is 8.14. The lowest BCUT2D eigenvalue weighted by Crippen LogP contribution is -2.30. The van der Waals surface area contributed by atoms with Gasteiger partial charge in [-0.15, -0.1) is 0 Å². The van der Waals surface area contributed by atoms with Crippen LogP contribution in [0.3, 0.4) is 0 Å². The SMILES string of the molecule is CC.CC(=O)c1ccc(F)c(F)c1.CCC(C)CC(=O)Nc1ccc(N(C=O)CC)c(C(=O)N(C)CC)c1. The average Bonchev–Trinajstić information content (AvgIpc) is 2.91. The Labute approximate surface area is 225 Å². The molecular weight excluding hydrogens is 492 g/mol. The van der Waals surface area contributed by atoms with Crippen LogP contribution in [0.2, 0.25) is 0 Å². The number of ketones is 1. The van der Waals surface area contributed by atoms with Gasteiger partial charge in [-0.2, -0.15) is 0 Å². The molecule has 0 fully saturated rings. The number of carbonyl (C=O) groups excluding carboxylic acids is 4. The van der Waals surface area contributed by atoms with E-state index >= 15 is 0 Å².